The van der Waals surface area contributed by atoms with Gasteiger partial charge in [-0.3, -0.25) is 4.79 Å². The SMILES string of the molecule is COC(C)CCC(=O)N1CCOC(C(N)=S)C1. The summed E-state index contributed by atoms with van der Waals surface area (Å²) < 4.78 is 10.5. The van der Waals surface area contributed by atoms with Crippen LogP contribution >= 0.6 is 12.2 Å². The second kappa shape index (κ2) is 6.88. The molecule has 1 heterocycles. The lowest BCUT2D eigenvalue weighted by molar-refractivity contribution is -0.137. The van der Waals surface area contributed by atoms with E-state index in [0.29, 0.717) is 31.1 Å². The Morgan fingerprint density at radius 1 is 1.71 bits per heavy atom. The molecule has 1 saturated heterocycles. The van der Waals surface area contributed by atoms with Gasteiger partial charge < -0.3 is 20.1 Å². The number of morpholine rings is 1. The van der Waals surface area contributed by atoms with Crippen molar-refractivity contribution in [1.29, 1.82) is 0 Å². The van der Waals surface area contributed by atoms with Crippen molar-refractivity contribution in [3.63, 3.8) is 0 Å². The summed E-state index contributed by atoms with van der Waals surface area (Å²) in [5.74, 6) is 0.110. The lowest BCUT2D eigenvalue weighted by Gasteiger charge is -2.32. The van der Waals surface area contributed by atoms with Crippen molar-refractivity contribution in [3.8, 4) is 0 Å². The Labute approximate surface area is 107 Å². The van der Waals surface area contributed by atoms with Gasteiger partial charge in [-0.05, 0) is 13.3 Å². The first-order valence-corrected chi connectivity index (χ1v) is 6.17. The molecule has 0 radical (unpaired) electrons. The van der Waals surface area contributed by atoms with E-state index < -0.39 is 0 Å². The fourth-order valence-corrected chi connectivity index (χ4v) is 1.79. The minimum absolute atomic E-state index is 0.103. The summed E-state index contributed by atoms with van der Waals surface area (Å²) in [6.07, 6.45) is 1.01. The van der Waals surface area contributed by atoms with Crippen LogP contribution in [0, 0.1) is 0 Å². The highest BCUT2D eigenvalue weighted by atomic mass is 32.1. The number of hydrogen-bond donors (Lipinski definition) is 1. The summed E-state index contributed by atoms with van der Waals surface area (Å²) in [5, 5.41) is 0. The molecule has 98 valence electrons. The number of methoxy groups -OCH3 is 1. The minimum Gasteiger partial charge on any atom is -0.391 e. The third-order valence-electron chi connectivity index (χ3n) is 2.90. The van der Waals surface area contributed by atoms with E-state index in [1.165, 1.54) is 0 Å². The van der Waals surface area contributed by atoms with Gasteiger partial charge in [0.05, 0.1) is 19.3 Å². The van der Waals surface area contributed by atoms with E-state index in [9.17, 15) is 4.79 Å². The Balaban J connectivity index is 2.38. The molecule has 0 saturated carbocycles. The summed E-state index contributed by atoms with van der Waals surface area (Å²) in [6.45, 7) is 3.52. The average Bonchev–Trinajstić information content (AvgIpc) is 2.35. The number of carbonyl (C=O) groups is 1. The second-order valence-corrected chi connectivity index (χ2v) is 4.66. The first-order valence-electron chi connectivity index (χ1n) is 5.76. The van der Waals surface area contributed by atoms with E-state index in [1.54, 1.807) is 12.0 Å². The number of nitrogens with two attached hydrogens (primary N) is 1. The maximum Gasteiger partial charge on any atom is 0.222 e. The van der Waals surface area contributed by atoms with Crippen LogP contribution in [0.4, 0.5) is 0 Å². The Morgan fingerprint density at radius 3 is 3.00 bits per heavy atom. The van der Waals surface area contributed by atoms with Crippen LogP contribution in [0.1, 0.15) is 19.8 Å². The van der Waals surface area contributed by atoms with Gasteiger partial charge in [-0.25, -0.2) is 0 Å². The topological polar surface area (TPSA) is 64.8 Å². The third-order valence-corrected chi connectivity index (χ3v) is 3.17. The van der Waals surface area contributed by atoms with Crippen LogP contribution in [0.2, 0.25) is 0 Å². The van der Waals surface area contributed by atoms with Crippen molar-refractivity contribution >= 4 is 23.1 Å². The molecule has 5 nitrogen and oxygen atoms in total. The predicted octanol–water partition coefficient (Wildman–Crippen LogP) is 0.315. The Morgan fingerprint density at radius 2 is 2.41 bits per heavy atom. The van der Waals surface area contributed by atoms with Gasteiger partial charge in [0.15, 0.2) is 0 Å². The molecule has 0 bridgehead atoms. The van der Waals surface area contributed by atoms with Crippen molar-refractivity contribution in [3.05, 3.63) is 0 Å². The number of ether oxygens (including phenoxy) is 2. The molecule has 0 aromatic heterocycles. The number of hydrogen-bond acceptors (Lipinski definition) is 4. The van der Waals surface area contributed by atoms with Gasteiger partial charge in [-0.15, -0.1) is 0 Å². The lowest BCUT2D eigenvalue weighted by atomic mass is 10.2. The highest BCUT2D eigenvalue weighted by molar-refractivity contribution is 7.80. The molecule has 2 N–H and O–H groups in total. The van der Waals surface area contributed by atoms with Gasteiger partial charge in [0.25, 0.3) is 0 Å². The standard InChI is InChI=1S/C11H20N2O3S/c1-8(15-2)3-4-10(14)13-5-6-16-9(7-13)11(12)17/h8-9H,3-7H2,1-2H3,(H2,12,17). The van der Waals surface area contributed by atoms with E-state index in [-0.39, 0.29) is 18.1 Å². The van der Waals surface area contributed by atoms with Gasteiger partial charge in [0, 0.05) is 20.1 Å². The number of rotatable bonds is 5. The zero-order valence-corrected chi connectivity index (χ0v) is 11.2. The maximum absolute atomic E-state index is 11.9. The summed E-state index contributed by atoms with van der Waals surface area (Å²) in [5.41, 5.74) is 5.52. The number of carbonyl (C=O) groups excluding carboxylic acids is 1. The molecule has 1 aliphatic rings. The monoisotopic (exact) mass is 260 g/mol. The zero-order chi connectivity index (χ0) is 12.8. The third kappa shape index (κ3) is 4.57. The van der Waals surface area contributed by atoms with Crippen molar-refractivity contribution in [2.24, 2.45) is 5.73 Å². The molecule has 1 fully saturated rings. The van der Waals surface area contributed by atoms with Crippen molar-refractivity contribution in [2.75, 3.05) is 26.8 Å². The molecule has 6 heteroatoms. The number of amides is 1. The lowest BCUT2D eigenvalue weighted by Crippen LogP contribution is -2.50. The first kappa shape index (κ1) is 14.3. The number of thiocarbonyl (C=S) groups is 1. The molecule has 1 rings (SSSR count). The van der Waals surface area contributed by atoms with Crippen LogP contribution in [0.5, 0.6) is 0 Å². The van der Waals surface area contributed by atoms with E-state index >= 15 is 0 Å². The summed E-state index contributed by atoms with van der Waals surface area (Å²) >= 11 is 4.87. The molecular formula is C11H20N2O3S. The van der Waals surface area contributed by atoms with Crippen LogP contribution in [-0.4, -0.2) is 54.8 Å². The highest BCUT2D eigenvalue weighted by Crippen LogP contribution is 2.09. The molecule has 0 aromatic carbocycles. The molecule has 0 aromatic rings. The van der Waals surface area contributed by atoms with Gasteiger partial charge in [0.2, 0.25) is 5.91 Å². The molecule has 17 heavy (non-hydrogen) atoms. The highest BCUT2D eigenvalue weighted by Gasteiger charge is 2.25. The van der Waals surface area contributed by atoms with Crippen molar-refractivity contribution in [2.45, 2.75) is 32.0 Å². The predicted molar refractivity (Wildman–Crippen MR) is 68.8 cm³/mol. The Hall–Kier alpha value is -0.720. The van der Waals surface area contributed by atoms with Gasteiger partial charge in [-0.1, -0.05) is 12.2 Å². The quantitative estimate of drug-likeness (QED) is 0.721. The molecule has 1 amide bonds. The molecule has 2 atom stereocenters. The van der Waals surface area contributed by atoms with Crippen molar-refractivity contribution < 1.29 is 14.3 Å². The van der Waals surface area contributed by atoms with Crippen LogP contribution < -0.4 is 5.73 Å². The van der Waals surface area contributed by atoms with Gasteiger partial charge in [-0.2, -0.15) is 0 Å². The van der Waals surface area contributed by atoms with Crippen molar-refractivity contribution in [1.82, 2.24) is 4.90 Å². The largest absolute Gasteiger partial charge is 0.391 e. The van der Waals surface area contributed by atoms with Crippen LogP contribution in [0.15, 0.2) is 0 Å². The first-order chi connectivity index (χ1) is 8.04. The van der Waals surface area contributed by atoms with Gasteiger partial charge in [0.1, 0.15) is 11.1 Å². The Kier molecular flexibility index (Phi) is 5.80. The second-order valence-electron chi connectivity index (χ2n) is 4.19. The summed E-state index contributed by atoms with van der Waals surface area (Å²) in [4.78, 5) is 14.0. The van der Waals surface area contributed by atoms with Crippen LogP contribution in [0.3, 0.4) is 0 Å². The molecule has 0 spiro atoms. The van der Waals surface area contributed by atoms with Crippen LogP contribution in [-0.2, 0) is 14.3 Å². The van der Waals surface area contributed by atoms with Gasteiger partial charge >= 0.3 is 0 Å². The smallest absolute Gasteiger partial charge is 0.222 e. The number of nitrogens with zero attached hydrogens (tertiary/aromatic N) is 1. The van der Waals surface area contributed by atoms with E-state index in [1.807, 2.05) is 6.92 Å². The Bertz CT molecular complexity index is 286. The van der Waals surface area contributed by atoms with E-state index in [2.05, 4.69) is 0 Å². The van der Waals surface area contributed by atoms with E-state index in [0.717, 1.165) is 6.42 Å². The minimum atomic E-state index is -0.303. The molecule has 0 aliphatic carbocycles. The summed E-state index contributed by atoms with van der Waals surface area (Å²) in [6, 6.07) is 0. The normalized spacial score (nSPS) is 22.2. The fraction of sp³-hybridized carbons (Fsp3) is 0.818. The average molecular weight is 260 g/mol. The summed E-state index contributed by atoms with van der Waals surface area (Å²) in [7, 11) is 1.65. The maximum atomic E-state index is 11.9. The zero-order valence-electron chi connectivity index (χ0n) is 10.3. The molecule has 1 aliphatic heterocycles. The molecular weight excluding hydrogens is 240 g/mol. The molecule has 2 unspecified atom stereocenters. The van der Waals surface area contributed by atoms with Crippen LogP contribution in [0.25, 0.3) is 0 Å². The fourth-order valence-electron chi connectivity index (χ4n) is 1.65. The van der Waals surface area contributed by atoms with E-state index in [4.69, 9.17) is 27.4 Å².